The predicted octanol–water partition coefficient (Wildman–Crippen LogP) is 0.912. The standard InChI is InChI=1S/C17H24N2O4/c20-13-9-18-15-7-6-14(23-16(15)11-22-10-13)8-17(21)19-12-4-2-1-3-5-12/h1-5,13-16,18,20H,6-11H2,(H,19,21)/t13-,14-,15+,16-/m0/s1. The molecule has 2 saturated heterocycles. The van der Waals surface area contributed by atoms with Crippen LogP contribution in [0.25, 0.3) is 0 Å². The number of benzene rings is 1. The third-order valence-corrected chi connectivity index (χ3v) is 4.29. The van der Waals surface area contributed by atoms with Crippen LogP contribution >= 0.6 is 0 Å². The van der Waals surface area contributed by atoms with E-state index in [1.54, 1.807) is 0 Å². The van der Waals surface area contributed by atoms with Gasteiger partial charge < -0.3 is 25.2 Å². The topological polar surface area (TPSA) is 79.8 Å². The van der Waals surface area contributed by atoms with Crippen LogP contribution in [0.2, 0.25) is 0 Å². The number of β-amino-alcohol motifs (C(OH)–C–C–N with tert-alkyl or cyclic N) is 1. The van der Waals surface area contributed by atoms with Crippen molar-refractivity contribution in [3.63, 3.8) is 0 Å². The molecular formula is C17H24N2O4. The molecule has 1 amide bonds. The lowest BCUT2D eigenvalue weighted by Gasteiger charge is -2.38. The van der Waals surface area contributed by atoms with Gasteiger partial charge in [-0.15, -0.1) is 0 Å². The van der Waals surface area contributed by atoms with Gasteiger partial charge in [0, 0.05) is 18.3 Å². The van der Waals surface area contributed by atoms with E-state index in [0.29, 0.717) is 26.2 Å². The van der Waals surface area contributed by atoms with E-state index in [-0.39, 0.29) is 24.2 Å². The molecule has 0 radical (unpaired) electrons. The van der Waals surface area contributed by atoms with Gasteiger partial charge in [-0.25, -0.2) is 0 Å². The van der Waals surface area contributed by atoms with Crippen LogP contribution in [0.3, 0.4) is 0 Å². The van der Waals surface area contributed by atoms with E-state index >= 15 is 0 Å². The first-order valence-electron chi connectivity index (χ1n) is 8.20. The molecule has 0 bridgehead atoms. The summed E-state index contributed by atoms with van der Waals surface area (Å²) in [5.74, 6) is -0.0326. The van der Waals surface area contributed by atoms with Gasteiger partial charge in [0.05, 0.1) is 37.9 Å². The second-order valence-electron chi connectivity index (χ2n) is 6.20. The highest BCUT2D eigenvalue weighted by molar-refractivity contribution is 5.90. The van der Waals surface area contributed by atoms with Crippen molar-refractivity contribution in [3.05, 3.63) is 30.3 Å². The lowest BCUT2D eigenvalue weighted by molar-refractivity contribution is -0.134. The minimum atomic E-state index is -0.467. The summed E-state index contributed by atoms with van der Waals surface area (Å²) in [7, 11) is 0. The Morgan fingerprint density at radius 1 is 1.26 bits per heavy atom. The summed E-state index contributed by atoms with van der Waals surface area (Å²) in [6.07, 6.45) is 1.47. The Hall–Kier alpha value is -1.47. The number of aliphatic hydroxyl groups excluding tert-OH is 1. The highest BCUT2D eigenvalue weighted by Gasteiger charge is 2.33. The van der Waals surface area contributed by atoms with Gasteiger partial charge in [-0.05, 0) is 25.0 Å². The van der Waals surface area contributed by atoms with Gasteiger partial charge in [-0.2, -0.15) is 0 Å². The number of aliphatic hydroxyl groups is 1. The normalized spacial score (nSPS) is 31.5. The van der Waals surface area contributed by atoms with E-state index in [2.05, 4.69) is 10.6 Å². The van der Waals surface area contributed by atoms with E-state index in [0.717, 1.165) is 18.5 Å². The molecule has 0 saturated carbocycles. The lowest BCUT2D eigenvalue weighted by atomic mass is 9.96. The van der Waals surface area contributed by atoms with E-state index in [1.807, 2.05) is 30.3 Å². The quantitative estimate of drug-likeness (QED) is 0.771. The highest BCUT2D eigenvalue weighted by atomic mass is 16.5. The summed E-state index contributed by atoms with van der Waals surface area (Å²) >= 11 is 0. The van der Waals surface area contributed by atoms with Crippen LogP contribution in [0.5, 0.6) is 0 Å². The van der Waals surface area contributed by atoms with Gasteiger partial charge in [-0.1, -0.05) is 18.2 Å². The summed E-state index contributed by atoms with van der Waals surface area (Å²) < 4.78 is 11.5. The zero-order valence-corrected chi connectivity index (χ0v) is 13.1. The summed E-state index contributed by atoms with van der Waals surface area (Å²) in [5, 5.41) is 15.9. The highest BCUT2D eigenvalue weighted by Crippen LogP contribution is 2.23. The number of carbonyl (C=O) groups is 1. The van der Waals surface area contributed by atoms with Crippen LogP contribution < -0.4 is 10.6 Å². The average Bonchev–Trinajstić information content (AvgIpc) is 2.53. The van der Waals surface area contributed by atoms with Crippen LogP contribution in [0.1, 0.15) is 19.3 Å². The molecule has 3 rings (SSSR count). The molecule has 1 aromatic rings. The molecule has 0 aromatic heterocycles. The summed E-state index contributed by atoms with van der Waals surface area (Å²) in [5.41, 5.74) is 0.802. The van der Waals surface area contributed by atoms with Crippen molar-refractivity contribution in [3.8, 4) is 0 Å². The van der Waals surface area contributed by atoms with E-state index in [1.165, 1.54) is 0 Å². The number of hydrogen-bond acceptors (Lipinski definition) is 5. The largest absolute Gasteiger partial charge is 0.389 e. The Bertz CT molecular complexity index is 511. The SMILES string of the molecule is O=C(C[C@@H]1CC[C@H]2NC[C@H](O)COC[C@@H]2O1)Nc1ccccc1. The number of fused-ring (bicyclic) bond motifs is 1. The number of para-hydroxylation sites is 1. The van der Waals surface area contributed by atoms with Gasteiger partial charge in [0.2, 0.25) is 5.91 Å². The monoisotopic (exact) mass is 320 g/mol. The zero-order chi connectivity index (χ0) is 16.1. The third-order valence-electron chi connectivity index (χ3n) is 4.29. The van der Waals surface area contributed by atoms with E-state index in [9.17, 15) is 9.90 Å². The van der Waals surface area contributed by atoms with E-state index in [4.69, 9.17) is 9.47 Å². The maximum Gasteiger partial charge on any atom is 0.226 e. The Kier molecular flexibility index (Phi) is 5.61. The minimum Gasteiger partial charge on any atom is -0.389 e. The number of amides is 1. The molecule has 1 aromatic carbocycles. The second-order valence-corrected chi connectivity index (χ2v) is 6.20. The van der Waals surface area contributed by atoms with Crippen LogP contribution in [-0.4, -0.2) is 55.1 Å². The van der Waals surface area contributed by atoms with Crippen molar-refractivity contribution in [2.75, 3.05) is 25.1 Å². The molecule has 4 atom stereocenters. The van der Waals surface area contributed by atoms with Gasteiger partial charge in [0.1, 0.15) is 0 Å². The molecule has 2 aliphatic rings. The Morgan fingerprint density at radius 3 is 2.91 bits per heavy atom. The van der Waals surface area contributed by atoms with Gasteiger partial charge >= 0.3 is 0 Å². The molecule has 2 aliphatic heterocycles. The molecule has 6 nitrogen and oxygen atoms in total. The summed E-state index contributed by atoms with van der Waals surface area (Å²) in [4.78, 5) is 12.1. The molecule has 126 valence electrons. The third kappa shape index (κ3) is 4.75. The van der Waals surface area contributed by atoms with Crippen LogP contribution in [0, 0.1) is 0 Å². The van der Waals surface area contributed by atoms with Crippen LogP contribution in [-0.2, 0) is 14.3 Å². The maximum atomic E-state index is 12.1. The van der Waals surface area contributed by atoms with Gasteiger partial charge in [-0.3, -0.25) is 4.79 Å². The first-order valence-corrected chi connectivity index (χ1v) is 8.20. The molecular weight excluding hydrogens is 296 g/mol. The Morgan fingerprint density at radius 2 is 2.09 bits per heavy atom. The summed E-state index contributed by atoms with van der Waals surface area (Å²) in [6.45, 7) is 1.29. The first kappa shape index (κ1) is 16.4. The smallest absolute Gasteiger partial charge is 0.226 e. The Balaban J connectivity index is 1.49. The van der Waals surface area contributed by atoms with Gasteiger partial charge in [0.25, 0.3) is 0 Å². The van der Waals surface area contributed by atoms with Crippen molar-refractivity contribution in [2.45, 2.75) is 43.6 Å². The first-order chi connectivity index (χ1) is 11.2. The van der Waals surface area contributed by atoms with Crippen molar-refractivity contribution in [1.29, 1.82) is 0 Å². The number of carbonyl (C=O) groups excluding carboxylic acids is 1. The number of nitrogens with one attached hydrogen (secondary N) is 2. The van der Waals surface area contributed by atoms with Gasteiger partial charge in [0.15, 0.2) is 0 Å². The molecule has 23 heavy (non-hydrogen) atoms. The van der Waals surface area contributed by atoms with Crippen molar-refractivity contribution in [1.82, 2.24) is 5.32 Å². The van der Waals surface area contributed by atoms with Crippen LogP contribution in [0.4, 0.5) is 5.69 Å². The molecule has 3 N–H and O–H groups in total. The zero-order valence-electron chi connectivity index (χ0n) is 13.1. The van der Waals surface area contributed by atoms with Crippen LogP contribution in [0.15, 0.2) is 30.3 Å². The molecule has 6 heteroatoms. The van der Waals surface area contributed by atoms with Crippen molar-refractivity contribution >= 4 is 11.6 Å². The number of hydrogen-bond donors (Lipinski definition) is 3. The fourth-order valence-electron chi connectivity index (χ4n) is 3.11. The molecule has 0 spiro atoms. The molecule has 0 unspecified atom stereocenters. The summed E-state index contributed by atoms with van der Waals surface area (Å²) in [6, 6.07) is 9.62. The lowest BCUT2D eigenvalue weighted by Crippen LogP contribution is -2.53. The fourth-order valence-corrected chi connectivity index (χ4v) is 3.11. The number of rotatable bonds is 3. The fraction of sp³-hybridized carbons (Fsp3) is 0.588. The Labute approximate surface area is 136 Å². The molecule has 2 fully saturated rings. The molecule has 0 aliphatic carbocycles. The number of ether oxygens (including phenoxy) is 2. The maximum absolute atomic E-state index is 12.1. The predicted molar refractivity (Wildman–Crippen MR) is 86.2 cm³/mol. The number of anilines is 1. The second kappa shape index (κ2) is 7.88. The molecule has 2 heterocycles. The van der Waals surface area contributed by atoms with Crippen molar-refractivity contribution in [2.24, 2.45) is 0 Å². The van der Waals surface area contributed by atoms with Crippen molar-refractivity contribution < 1.29 is 19.4 Å². The van der Waals surface area contributed by atoms with E-state index < -0.39 is 6.10 Å². The average molecular weight is 320 g/mol. The minimum absolute atomic E-state index is 0.0326.